The monoisotopic (exact) mass is 298 g/mol. The molecule has 0 aromatic carbocycles. The standard InChI is InChI=1S/C17H30O4/c1-5-20-15(18)17(11-13(3)4,16(19)21-6-2)12-14-9-7-8-10-14/h13-14H,5-12H2,1-4H3. The zero-order chi connectivity index (χ0) is 15.9. The van der Waals surface area contributed by atoms with Crippen LogP contribution in [-0.2, 0) is 19.1 Å². The van der Waals surface area contributed by atoms with Gasteiger partial charge in [0.05, 0.1) is 13.2 Å². The lowest BCUT2D eigenvalue weighted by atomic mass is 9.73. The molecule has 1 fully saturated rings. The summed E-state index contributed by atoms with van der Waals surface area (Å²) in [6.45, 7) is 8.20. The Bertz CT molecular complexity index is 325. The van der Waals surface area contributed by atoms with Crippen LogP contribution >= 0.6 is 0 Å². The third-order valence-corrected chi connectivity index (χ3v) is 4.20. The Morgan fingerprint density at radius 3 is 1.90 bits per heavy atom. The molecule has 0 aromatic rings. The molecule has 0 saturated heterocycles. The molecule has 0 aliphatic heterocycles. The number of hydrogen-bond acceptors (Lipinski definition) is 4. The smallest absolute Gasteiger partial charge is 0.323 e. The summed E-state index contributed by atoms with van der Waals surface area (Å²) < 4.78 is 10.5. The largest absolute Gasteiger partial charge is 0.465 e. The molecule has 1 aliphatic rings. The van der Waals surface area contributed by atoms with Crippen molar-refractivity contribution in [3.8, 4) is 0 Å². The normalized spacial score (nSPS) is 16.2. The fourth-order valence-electron chi connectivity index (χ4n) is 3.44. The van der Waals surface area contributed by atoms with Crippen LogP contribution in [0.2, 0.25) is 0 Å². The second-order valence-corrected chi connectivity index (χ2v) is 6.48. The van der Waals surface area contributed by atoms with Crippen molar-refractivity contribution in [1.29, 1.82) is 0 Å². The first-order valence-corrected chi connectivity index (χ1v) is 8.30. The van der Waals surface area contributed by atoms with Gasteiger partial charge in [0.15, 0.2) is 5.41 Å². The maximum Gasteiger partial charge on any atom is 0.323 e. The average Bonchev–Trinajstić information content (AvgIpc) is 2.90. The number of rotatable bonds is 8. The van der Waals surface area contributed by atoms with Gasteiger partial charge in [-0.1, -0.05) is 39.5 Å². The quantitative estimate of drug-likeness (QED) is 0.506. The fraction of sp³-hybridized carbons (Fsp3) is 0.882. The molecule has 0 heterocycles. The Morgan fingerprint density at radius 2 is 1.52 bits per heavy atom. The molecule has 122 valence electrons. The average molecular weight is 298 g/mol. The van der Waals surface area contributed by atoms with Gasteiger partial charge in [0.2, 0.25) is 0 Å². The first kappa shape index (κ1) is 18.0. The minimum atomic E-state index is -1.12. The fourth-order valence-corrected chi connectivity index (χ4v) is 3.44. The molecule has 4 nitrogen and oxygen atoms in total. The lowest BCUT2D eigenvalue weighted by Gasteiger charge is -2.32. The molecule has 0 amide bonds. The second kappa shape index (κ2) is 8.40. The van der Waals surface area contributed by atoms with Gasteiger partial charge in [-0.2, -0.15) is 0 Å². The van der Waals surface area contributed by atoms with E-state index in [1.807, 2.05) is 13.8 Å². The first-order valence-electron chi connectivity index (χ1n) is 8.30. The van der Waals surface area contributed by atoms with Crippen molar-refractivity contribution in [2.24, 2.45) is 17.3 Å². The van der Waals surface area contributed by atoms with Crippen LogP contribution in [0.3, 0.4) is 0 Å². The van der Waals surface area contributed by atoms with E-state index in [1.165, 1.54) is 12.8 Å². The molecular weight excluding hydrogens is 268 g/mol. The van der Waals surface area contributed by atoms with Crippen molar-refractivity contribution in [2.45, 2.75) is 66.2 Å². The number of hydrogen-bond donors (Lipinski definition) is 0. The summed E-state index contributed by atoms with van der Waals surface area (Å²) in [5.41, 5.74) is -1.12. The molecule has 1 saturated carbocycles. The van der Waals surface area contributed by atoms with Crippen molar-refractivity contribution in [3.63, 3.8) is 0 Å². The van der Waals surface area contributed by atoms with Gasteiger partial charge in [-0.05, 0) is 38.5 Å². The van der Waals surface area contributed by atoms with Crippen molar-refractivity contribution < 1.29 is 19.1 Å². The van der Waals surface area contributed by atoms with E-state index >= 15 is 0 Å². The Labute approximate surface area is 128 Å². The lowest BCUT2D eigenvalue weighted by Crippen LogP contribution is -2.44. The van der Waals surface area contributed by atoms with Crippen LogP contribution in [0.1, 0.15) is 66.2 Å². The molecule has 0 N–H and O–H groups in total. The van der Waals surface area contributed by atoms with Crippen molar-refractivity contribution >= 4 is 11.9 Å². The van der Waals surface area contributed by atoms with Gasteiger partial charge in [-0.3, -0.25) is 9.59 Å². The highest BCUT2D eigenvalue weighted by Crippen LogP contribution is 2.41. The summed E-state index contributed by atoms with van der Waals surface area (Å²) in [6, 6.07) is 0. The summed E-state index contributed by atoms with van der Waals surface area (Å²) in [5, 5.41) is 0. The highest BCUT2D eigenvalue weighted by molar-refractivity contribution is 6.00. The minimum absolute atomic E-state index is 0.236. The molecule has 1 aliphatic carbocycles. The van der Waals surface area contributed by atoms with E-state index in [0.29, 0.717) is 32.0 Å². The minimum Gasteiger partial charge on any atom is -0.465 e. The molecule has 0 atom stereocenters. The van der Waals surface area contributed by atoms with Gasteiger partial charge in [0.25, 0.3) is 0 Å². The van der Waals surface area contributed by atoms with Gasteiger partial charge in [0, 0.05) is 0 Å². The maximum atomic E-state index is 12.6. The molecule has 0 bridgehead atoms. The van der Waals surface area contributed by atoms with E-state index in [2.05, 4.69) is 0 Å². The third-order valence-electron chi connectivity index (χ3n) is 4.20. The number of ether oxygens (including phenoxy) is 2. The summed E-state index contributed by atoms with van der Waals surface area (Å²) in [6.07, 6.45) is 5.64. The Balaban J connectivity index is 3.04. The Kier molecular flexibility index (Phi) is 7.20. The van der Waals surface area contributed by atoms with Crippen molar-refractivity contribution in [2.75, 3.05) is 13.2 Å². The number of carbonyl (C=O) groups excluding carboxylic acids is 2. The lowest BCUT2D eigenvalue weighted by molar-refractivity contribution is -0.175. The van der Waals surface area contributed by atoms with E-state index in [9.17, 15) is 9.59 Å². The Morgan fingerprint density at radius 1 is 1.05 bits per heavy atom. The maximum absolute atomic E-state index is 12.6. The van der Waals surface area contributed by atoms with Crippen LogP contribution in [-0.4, -0.2) is 25.2 Å². The zero-order valence-electron chi connectivity index (χ0n) is 13.9. The van der Waals surface area contributed by atoms with E-state index in [1.54, 1.807) is 13.8 Å². The van der Waals surface area contributed by atoms with Crippen LogP contribution in [0.15, 0.2) is 0 Å². The van der Waals surface area contributed by atoms with Gasteiger partial charge in [-0.25, -0.2) is 0 Å². The predicted molar refractivity (Wildman–Crippen MR) is 81.7 cm³/mol. The molecule has 0 unspecified atom stereocenters. The number of esters is 2. The molecule has 0 radical (unpaired) electrons. The van der Waals surface area contributed by atoms with Gasteiger partial charge in [0.1, 0.15) is 0 Å². The third kappa shape index (κ3) is 4.72. The van der Waals surface area contributed by atoms with Crippen molar-refractivity contribution in [1.82, 2.24) is 0 Å². The molecule has 1 rings (SSSR count). The predicted octanol–water partition coefficient (Wildman–Crippen LogP) is 3.73. The van der Waals surface area contributed by atoms with Crippen LogP contribution in [0.4, 0.5) is 0 Å². The summed E-state index contributed by atoms with van der Waals surface area (Å²) in [4.78, 5) is 25.2. The van der Waals surface area contributed by atoms with E-state index < -0.39 is 17.4 Å². The first-order chi connectivity index (χ1) is 9.96. The van der Waals surface area contributed by atoms with Crippen LogP contribution < -0.4 is 0 Å². The van der Waals surface area contributed by atoms with Crippen molar-refractivity contribution in [3.05, 3.63) is 0 Å². The molecule has 0 spiro atoms. The SMILES string of the molecule is CCOC(=O)C(CC(C)C)(CC1CCCC1)C(=O)OCC. The van der Waals surface area contributed by atoms with Gasteiger partial charge >= 0.3 is 11.9 Å². The van der Waals surface area contributed by atoms with Crippen LogP contribution in [0.5, 0.6) is 0 Å². The summed E-state index contributed by atoms with van der Waals surface area (Å²) in [7, 11) is 0. The van der Waals surface area contributed by atoms with E-state index in [4.69, 9.17) is 9.47 Å². The highest BCUT2D eigenvalue weighted by Gasteiger charge is 2.50. The van der Waals surface area contributed by atoms with E-state index in [0.717, 1.165) is 12.8 Å². The second-order valence-electron chi connectivity index (χ2n) is 6.48. The summed E-state index contributed by atoms with van der Waals surface area (Å²) in [5.74, 6) is -0.133. The summed E-state index contributed by atoms with van der Waals surface area (Å²) >= 11 is 0. The van der Waals surface area contributed by atoms with Crippen LogP contribution in [0.25, 0.3) is 0 Å². The van der Waals surface area contributed by atoms with Gasteiger partial charge < -0.3 is 9.47 Å². The Hall–Kier alpha value is -1.06. The number of carbonyl (C=O) groups is 2. The molecule has 4 heteroatoms. The van der Waals surface area contributed by atoms with Crippen LogP contribution in [0, 0.1) is 17.3 Å². The molecular formula is C17H30O4. The highest BCUT2D eigenvalue weighted by atomic mass is 16.6. The zero-order valence-corrected chi connectivity index (χ0v) is 13.9. The van der Waals surface area contributed by atoms with E-state index in [-0.39, 0.29) is 5.92 Å². The van der Waals surface area contributed by atoms with Gasteiger partial charge in [-0.15, -0.1) is 0 Å². The molecule has 0 aromatic heterocycles. The topological polar surface area (TPSA) is 52.6 Å². The molecule has 21 heavy (non-hydrogen) atoms.